The van der Waals surface area contributed by atoms with E-state index in [1.807, 2.05) is 0 Å². The van der Waals surface area contributed by atoms with Gasteiger partial charge in [-0.2, -0.15) is 11.8 Å². The topological polar surface area (TPSA) is 194 Å². The van der Waals surface area contributed by atoms with Crippen LogP contribution in [0.1, 0.15) is 33.6 Å². The molecule has 0 radical (unpaired) electrons. The first-order chi connectivity index (χ1) is 13.4. The van der Waals surface area contributed by atoms with Crippen LogP contribution in [0.3, 0.4) is 0 Å². The van der Waals surface area contributed by atoms with E-state index in [1.165, 1.54) is 18.7 Å². The summed E-state index contributed by atoms with van der Waals surface area (Å²) < 4.78 is 0. The molecule has 0 aromatic heterocycles. The summed E-state index contributed by atoms with van der Waals surface area (Å²) in [6, 6.07) is -4.41. The number of carboxylic acid groups (broad SMARTS) is 1. The number of amides is 4. The lowest BCUT2D eigenvalue weighted by molar-refractivity contribution is -0.142. The number of aliphatic carboxylic acids is 1. The molecule has 0 aromatic rings. The highest BCUT2D eigenvalue weighted by Gasteiger charge is 2.30. The van der Waals surface area contributed by atoms with Gasteiger partial charge in [0.25, 0.3) is 0 Å². The molecular formula is C17H31N5O6S. The summed E-state index contributed by atoms with van der Waals surface area (Å²) in [7, 11) is 0. The number of thioether (sulfide) groups is 1. The molecule has 0 aromatic carbocycles. The van der Waals surface area contributed by atoms with E-state index < -0.39 is 60.2 Å². The van der Waals surface area contributed by atoms with Crippen LogP contribution in [0.15, 0.2) is 0 Å². The third kappa shape index (κ3) is 10.1. The lowest BCUT2D eigenvalue weighted by atomic mass is 10.0. The van der Waals surface area contributed by atoms with Gasteiger partial charge < -0.3 is 32.5 Å². The normalized spacial score (nSPS) is 15.0. The van der Waals surface area contributed by atoms with Gasteiger partial charge in [-0.1, -0.05) is 13.8 Å². The maximum absolute atomic E-state index is 12.4. The van der Waals surface area contributed by atoms with Gasteiger partial charge in [0.1, 0.15) is 18.1 Å². The van der Waals surface area contributed by atoms with Crippen molar-refractivity contribution in [1.82, 2.24) is 16.0 Å². The Kier molecular flexibility index (Phi) is 11.9. The molecule has 12 heteroatoms. The van der Waals surface area contributed by atoms with Crippen molar-refractivity contribution in [3.63, 3.8) is 0 Å². The Bertz CT molecular complexity index is 615. The van der Waals surface area contributed by atoms with E-state index in [-0.39, 0.29) is 12.3 Å². The van der Waals surface area contributed by atoms with Crippen LogP contribution in [0.4, 0.5) is 0 Å². The third-order valence-electron chi connectivity index (χ3n) is 4.04. The van der Waals surface area contributed by atoms with Crippen molar-refractivity contribution in [2.24, 2.45) is 17.4 Å². The number of hydrogen-bond donors (Lipinski definition) is 6. The maximum Gasteiger partial charge on any atom is 0.326 e. The molecule has 0 aliphatic heterocycles. The zero-order valence-corrected chi connectivity index (χ0v) is 17.9. The molecular weight excluding hydrogens is 402 g/mol. The summed E-state index contributed by atoms with van der Waals surface area (Å²) in [5.74, 6) is -3.90. The largest absolute Gasteiger partial charge is 0.480 e. The van der Waals surface area contributed by atoms with Gasteiger partial charge in [0, 0.05) is 0 Å². The van der Waals surface area contributed by atoms with Crippen LogP contribution >= 0.6 is 11.8 Å². The maximum atomic E-state index is 12.4. The van der Waals surface area contributed by atoms with E-state index >= 15 is 0 Å². The SMILES string of the molecule is CSCCC(NC(=O)C(CC(N)=O)NC(=O)C(C)NC(=O)C(N)C(C)C)C(=O)O. The van der Waals surface area contributed by atoms with Gasteiger partial charge in [0.2, 0.25) is 23.6 Å². The number of primary amides is 1. The number of carbonyl (C=O) groups excluding carboxylic acids is 4. The number of hydrogen-bond acceptors (Lipinski definition) is 7. The van der Waals surface area contributed by atoms with Crippen molar-refractivity contribution in [2.75, 3.05) is 12.0 Å². The van der Waals surface area contributed by atoms with Crippen LogP contribution in [0, 0.1) is 5.92 Å². The summed E-state index contributed by atoms with van der Waals surface area (Å²) in [4.78, 5) is 59.3. The van der Waals surface area contributed by atoms with E-state index in [9.17, 15) is 29.1 Å². The van der Waals surface area contributed by atoms with Crippen molar-refractivity contribution in [2.45, 2.75) is 57.8 Å². The van der Waals surface area contributed by atoms with E-state index in [0.717, 1.165) is 0 Å². The second kappa shape index (κ2) is 13.0. The predicted octanol–water partition coefficient (Wildman–Crippen LogP) is -1.84. The fourth-order valence-electron chi connectivity index (χ4n) is 2.15. The number of rotatable bonds is 13. The van der Waals surface area contributed by atoms with Gasteiger partial charge in [-0.3, -0.25) is 19.2 Å². The Labute approximate surface area is 174 Å². The Hall–Kier alpha value is -2.34. The van der Waals surface area contributed by atoms with Crippen molar-refractivity contribution >= 4 is 41.4 Å². The Balaban J connectivity index is 5.10. The van der Waals surface area contributed by atoms with Crippen LogP contribution < -0.4 is 27.4 Å². The van der Waals surface area contributed by atoms with E-state index in [2.05, 4.69) is 16.0 Å². The van der Waals surface area contributed by atoms with Crippen LogP contribution in [0.2, 0.25) is 0 Å². The van der Waals surface area contributed by atoms with Gasteiger partial charge in [-0.15, -0.1) is 0 Å². The first-order valence-corrected chi connectivity index (χ1v) is 10.5. The quantitative estimate of drug-likeness (QED) is 0.195. The highest BCUT2D eigenvalue weighted by molar-refractivity contribution is 7.98. The molecule has 0 fully saturated rings. The Morgan fingerprint density at radius 2 is 1.48 bits per heavy atom. The average Bonchev–Trinajstić information content (AvgIpc) is 2.62. The predicted molar refractivity (Wildman–Crippen MR) is 109 cm³/mol. The molecule has 0 aliphatic rings. The minimum absolute atomic E-state index is 0.145. The summed E-state index contributed by atoms with van der Waals surface area (Å²) in [6.45, 7) is 4.88. The number of carboxylic acids is 1. The highest BCUT2D eigenvalue weighted by atomic mass is 32.2. The smallest absolute Gasteiger partial charge is 0.326 e. The standard InChI is InChI=1S/C17H31N5O6S/c1-8(2)13(19)16(26)20-9(3)14(24)22-11(7-12(18)23)15(25)21-10(17(27)28)5-6-29-4/h8-11,13H,5-7,19H2,1-4H3,(H2,18,23)(H,20,26)(H,21,25)(H,22,24)(H,27,28). The third-order valence-corrected chi connectivity index (χ3v) is 4.68. The minimum Gasteiger partial charge on any atom is -0.480 e. The lowest BCUT2D eigenvalue weighted by Crippen LogP contribution is -2.57. The summed E-state index contributed by atoms with van der Waals surface area (Å²) in [5.41, 5.74) is 10.9. The average molecular weight is 434 g/mol. The van der Waals surface area contributed by atoms with Crippen molar-refractivity contribution in [3.8, 4) is 0 Å². The van der Waals surface area contributed by atoms with Crippen LogP contribution in [-0.2, 0) is 24.0 Å². The first-order valence-electron chi connectivity index (χ1n) is 9.07. The molecule has 0 rings (SSSR count). The second-order valence-corrected chi connectivity index (χ2v) is 7.90. The van der Waals surface area contributed by atoms with Crippen molar-refractivity contribution in [3.05, 3.63) is 0 Å². The van der Waals surface area contributed by atoms with E-state index in [1.54, 1.807) is 20.1 Å². The highest BCUT2D eigenvalue weighted by Crippen LogP contribution is 2.03. The fourth-order valence-corrected chi connectivity index (χ4v) is 2.62. The number of nitrogens with two attached hydrogens (primary N) is 2. The molecule has 11 nitrogen and oxygen atoms in total. The summed E-state index contributed by atoms with van der Waals surface area (Å²) >= 11 is 1.41. The molecule has 0 aliphatic carbocycles. The number of carbonyl (C=O) groups is 5. The Morgan fingerprint density at radius 3 is 1.93 bits per heavy atom. The number of nitrogens with one attached hydrogen (secondary N) is 3. The summed E-state index contributed by atoms with van der Waals surface area (Å²) in [5, 5.41) is 16.3. The summed E-state index contributed by atoms with van der Waals surface area (Å²) in [6.07, 6.45) is 1.43. The molecule has 4 unspecified atom stereocenters. The van der Waals surface area contributed by atoms with Crippen LogP contribution in [-0.4, -0.2) is 70.9 Å². The molecule has 0 spiro atoms. The molecule has 4 amide bonds. The minimum atomic E-state index is -1.38. The van der Waals surface area contributed by atoms with Gasteiger partial charge in [-0.05, 0) is 31.3 Å². The molecule has 166 valence electrons. The second-order valence-electron chi connectivity index (χ2n) is 6.91. The molecule has 0 bridgehead atoms. The molecule has 0 heterocycles. The van der Waals surface area contributed by atoms with Gasteiger partial charge in [0.05, 0.1) is 12.5 Å². The zero-order valence-electron chi connectivity index (χ0n) is 17.1. The van der Waals surface area contributed by atoms with E-state index in [4.69, 9.17) is 11.5 Å². The molecule has 29 heavy (non-hydrogen) atoms. The van der Waals surface area contributed by atoms with Crippen LogP contribution in [0.5, 0.6) is 0 Å². The van der Waals surface area contributed by atoms with Crippen molar-refractivity contribution < 1.29 is 29.1 Å². The monoisotopic (exact) mass is 433 g/mol. The Morgan fingerprint density at radius 1 is 0.931 bits per heavy atom. The first kappa shape index (κ1) is 26.7. The zero-order chi connectivity index (χ0) is 22.7. The van der Waals surface area contributed by atoms with Crippen molar-refractivity contribution in [1.29, 1.82) is 0 Å². The molecule has 0 saturated heterocycles. The molecule has 0 saturated carbocycles. The fraction of sp³-hybridized carbons (Fsp3) is 0.706. The molecule has 8 N–H and O–H groups in total. The van der Waals surface area contributed by atoms with Gasteiger partial charge >= 0.3 is 5.97 Å². The van der Waals surface area contributed by atoms with Crippen LogP contribution in [0.25, 0.3) is 0 Å². The molecule has 4 atom stereocenters. The van der Waals surface area contributed by atoms with E-state index in [0.29, 0.717) is 5.75 Å². The lowest BCUT2D eigenvalue weighted by Gasteiger charge is -2.23. The van der Waals surface area contributed by atoms with Gasteiger partial charge in [-0.25, -0.2) is 4.79 Å². The van der Waals surface area contributed by atoms with Gasteiger partial charge in [0.15, 0.2) is 0 Å².